The molecule has 1 saturated carbocycles. The van der Waals surface area contributed by atoms with E-state index in [0.29, 0.717) is 11.4 Å². The molecule has 0 atom stereocenters. The second kappa shape index (κ2) is 3.39. The highest BCUT2D eigenvalue weighted by Crippen LogP contribution is 2.48. The van der Waals surface area contributed by atoms with Crippen molar-refractivity contribution in [3.8, 4) is 0 Å². The molecule has 1 aromatic rings. The van der Waals surface area contributed by atoms with Crippen molar-refractivity contribution in [2.24, 2.45) is 0 Å². The van der Waals surface area contributed by atoms with Crippen LogP contribution >= 0.6 is 0 Å². The van der Waals surface area contributed by atoms with Crippen molar-refractivity contribution >= 4 is 23.0 Å². The molecule has 90 valence electrons. The number of nitrogen functional groups attached to an aromatic ring is 2. The normalized spacial score (nSPS) is 21.3. The van der Waals surface area contributed by atoms with Gasteiger partial charge in [-0.3, -0.25) is 4.79 Å². The van der Waals surface area contributed by atoms with Crippen molar-refractivity contribution in [3.05, 3.63) is 17.7 Å². The van der Waals surface area contributed by atoms with Crippen LogP contribution in [0.2, 0.25) is 0 Å². The first-order chi connectivity index (χ1) is 8.13. The maximum atomic E-state index is 12.2. The summed E-state index contributed by atoms with van der Waals surface area (Å²) in [6, 6.07) is 3.67. The van der Waals surface area contributed by atoms with Crippen molar-refractivity contribution in [2.75, 3.05) is 16.8 Å². The summed E-state index contributed by atoms with van der Waals surface area (Å²) < 4.78 is 0. The summed E-state index contributed by atoms with van der Waals surface area (Å²) in [5, 5.41) is 2.95. The van der Waals surface area contributed by atoms with Crippen molar-refractivity contribution in [3.63, 3.8) is 0 Å². The number of nitrogens with one attached hydrogen (secondary N) is 1. The summed E-state index contributed by atoms with van der Waals surface area (Å²) in [4.78, 5) is 12.2. The molecule has 1 fully saturated rings. The van der Waals surface area contributed by atoms with Gasteiger partial charge in [0.25, 0.3) is 0 Å². The fourth-order valence-corrected chi connectivity index (χ4v) is 3.15. The topological polar surface area (TPSA) is 81.1 Å². The Morgan fingerprint density at radius 3 is 2.41 bits per heavy atom. The van der Waals surface area contributed by atoms with Gasteiger partial charge in [-0.05, 0) is 30.5 Å². The molecule has 0 radical (unpaired) electrons. The summed E-state index contributed by atoms with van der Waals surface area (Å²) in [5.74, 6) is 0.122. The maximum absolute atomic E-state index is 12.2. The predicted octanol–water partition coefficient (Wildman–Crippen LogP) is 2.01. The Morgan fingerprint density at radius 1 is 1.06 bits per heavy atom. The van der Waals surface area contributed by atoms with Crippen molar-refractivity contribution in [1.82, 2.24) is 0 Å². The lowest BCUT2D eigenvalue weighted by Crippen LogP contribution is -2.36. The Bertz CT molecular complexity index is 490. The standard InChI is InChI=1S/C13H17N3O/c14-9-6-8-11(7-10(9)15)16-12(17)13(8)4-2-1-3-5-13/h6-7H,1-5,14-15H2,(H,16,17). The Labute approximate surface area is 100 Å². The van der Waals surface area contributed by atoms with Gasteiger partial charge < -0.3 is 16.8 Å². The first-order valence-corrected chi connectivity index (χ1v) is 6.14. The van der Waals surface area contributed by atoms with Gasteiger partial charge in [0, 0.05) is 5.69 Å². The molecule has 1 amide bonds. The molecule has 0 unspecified atom stereocenters. The predicted molar refractivity (Wildman–Crippen MR) is 68.7 cm³/mol. The van der Waals surface area contributed by atoms with E-state index in [0.717, 1.165) is 36.9 Å². The number of rotatable bonds is 0. The van der Waals surface area contributed by atoms with E-state index in [1.54, 1.807) is 6.07 Å². The Kier molecular flexibility index (Phi) is 2.08. The SMILES string of the molecule is Nc1cc2c(cc1N)C1(CCCCC1)C(=O)N2. The largest absolute Gasteiger partial charge is 0.397 e. The summed E-state index contributed by atoms with van der Waals surface area (Å²) in [6.07, 6.45) is 5.29. The fourth-order valence-electron chi connectivity index (χ4n) is 3.15. The van der Waals surface area contributed by atoms with Gasteiger partial charge >= 0.3 is 0 Å². The van der Waals surface area contributed by atoms with E-state index in [4.69, 9.17) is 11.5 Å². The van der Waals surface area contributed by atoms with Gasteiger partial charge in [-0.15, -0.1) is 0 Å². The van der Waals surface area contributed by atoms with Gasteiger partial charge in [0.1, 0.15) is 0 Å². The number of carbonyl (C=O) groups excluding carboxylic acids is 1. The van der Waals surface area contributed by atoms with E-state index in [-0.39, 0.29) is 11.3 Å². The average Bonchev–Trinajstić information content (AvgIpc) is 2.56. The number of carbonyl (C=O) groups is 1. The molecule has 1 aromatic carbocycles. The third kappa shape index (κ3) is 1.33. The van der Waals surface area contributed by atoms with Crippen LogP contribution in [-0.2, 0) is 10.2 Å². The van der Waals surface area contributed by atoms with Crippen molar-refractivity contribution in [1.29, 1.82) is 0 Å². The van der Waals surface area contributed by atoms with Crippen LogP contribution in [0.1, 0.15) is 37.7 Å². The van der Waals surface area contributed by atoms with Crippen LogP contribution in [0.15, 0.2) is 12.1 Å². The average molecular weight is 231 g/mol. The summed E-state index contributed by atoms with van der Waals surface area (Å²) >= 11 is 0. The molecular formula is C13H17N3O. The van der Waals surface area contributed by atoms with Gasteiger partial charge in [0.15, 0.2) is 0 Å². The van der Waals surface area contributed by atoms with Crippen LogP contribution in [0.3, 0.4) is 0 Å². The maximum Gasteiger partial charge on any atom is 0.235 e. The lowest BCUT2D eigenvalue weighted by atomic mass is 9.70. The molecule has 5 N–H and O–H groups in total. The molecule has 1 aliphatic heterocycles. The van der Waals surface area contributed by atoms with E-state index in [2.05, 4.69) is 5.32 Å². The van der Waals surface area contributed by atoms with Crippen LogP contribution in [-0.4, -0.2) is 5.91 Å². The minimum atomic E-state index is -0.338. The summed E-state index contributed by atoms with van der Waals surface area (Å²) in [7, 11) is 0. The molecule has 1 spiro atoms. The Morgan fingerprint density at radius 2 is 1.71 bits per heavy atom. The molecule has 0 saturated heterocycles. The first-order valence-electron chi connectivity index (χ1n) is 6.14. The number of nitrogens with two attached hydrogens (primary N) is 2. The minimum absolute atomic E-state index is 0.122. The second-order valence-corrected chi connectivity index (χ2v) is 5.12. The van der Waals surface area contributed by atoms with E-state index >= 15 is 0 Å². The van der Waals surface area contributed by atoms with E-state index in [1.165, 1.54) is 6.42 Å². The summed E-state index contributed by atoms with van der Waals surface area (Å²) in [5.41, 5.74) is 14.3. The molecule has 0 aromatic heterocycles. The van der Waals surface area contributed by atoms with Crippen LogP contribution in [0.5, 0.6) is 0 Å². The van der Waals surface area contributed by atoms with Gasteiger partial charge in [-0.25, -0.2) is 0 Å². The Balaban J connectivity index is 2.15. The van der Waals surface area contributed by atoms with Gasteiger partial charge in [-0.1, -0.05) is 19.3 Å². The van der Waals surface area contributed by atoms with Crippen molar-refractivity contribution in [2.45, 2.75) is 37.5 Å². The minimum Gasteiger partial charge on any atom is -0.397 e. The highest BCUT2D eigenvalue weighted by molar-refractivity contribution is 6.07. The van der Waals surface area contributed by atoms with Crippen LogP contribution in [0.4, 0.5) is 17.1 Å². The zero-order valence-electron chi connectivity index (χ0n) is 9.75. The fraction of sp³-hybridized carbons (Fsp3) is 0.462. The molecule has 17 heavy (non-hydrogen) atoms. The number of hydrogen-bond acceptors (Lipinski definition) is 3. The molecule has 1 heterocycles. The molecular weight excluding hydrogens is 214 g/mol. The molecule has 4 heteroatoms. The number of amides is 1. The van der Waals surface area contributed by atoms with Crippen LogP contribution in [0, 0.1) is 0 Å². The number of benzene rings is 1. The third-order valence-electron chi connectivity index (χ3n) is 4.13. The first kappa shape index (κ1) is 10.4. The number of anilines is 3. The smallest absolute Gasteiger partial charge is 0.235 e. The number of hydrogen-bond donors (Lipinski definition) is 3. The molecule has 0 bridgehead atoms. The number of fused-ring (bicyclic) bond motifs is 2. The highest BCUT2D eigenvalue weighted by Gasteiger charge is 2.47. The van der Waals surface area contributed by atoms with E-state index in [1.807, 2.05) is 6.07 Å². The molecule has 1 aliphatic carbocycles. The monoisotopic (exact) mass is 231 g/mol. The van der Waals surface area contributed by atoms with Crippen molar-refractivity contribution < 1.29 is 4.79 Å². The zero-order chi connectivity index (χ0) is 12.0. The molecule has 4 nitrogen and oxygen atoms in total. The second-order valence-electron chi connectivity index (χ2n) is 5.12. The van der Waals surface area contributed by atoms with E-state index in [9.17, 15) is 4.79 Å². The van der Waals surface area contributed by atoms with Gasteiger partial charge in [-0.2, -0.15) is 0 Å². The molecule has 3 rings (SSSR count). The highest BCUT2D eigenvalue weighted by atomic mass is 16.2. The quantitative estimate of drug-likeness (QED) is 0.597. The van der Waals surface area contributed by atoms with Gasteiger partial charge in [0.2, 0.25) is 5.91 Å². The van der Waals surface area contributed by atoms with Crippen LogP contribution in [0.25, 0.3) is 0 Å². The lowest BCUT2D eigenvalue weighted by Gasteiger charge is -2.31. The van der Waals surface area contributed by atoms with Crippen LogP contribution < -0.4 is 16.8 Å². The molecule has 2 aliphatic rings. The van der Waals surface area contributed by atoms with E-state index < -0.39 is 0 Å². The third-order valence-corrected chi connectivity index (χ3v) is 4.13. The Hall–Kier alpha value is -1.71. The van der Waals surface area contributed by atoms with Gasteiger partial charge in [0.05, 0.1) is 16.8 Å². The zero-order valence-corrected chi connectivity index (χ0v) is 9.75. The lowest BCUT2D eigenvalue weighted by molar-refractivity contribution is -0.121. The summed E-state index contributed by atoms with van der Waals surface area (Å²) in [6.45, 7) is 0.